The second kappa shape index (κ2) is 8.18. The van der Waals surface area contributed by atoms with Crippen LogP contribution >= 0.6 is 12.4 Å². The summed E-state index contributed by atoms with van der Waals surface area (Å²) >= 11 is 0. The van der Waals surface area contributed by atoms with Crippen LogP contribution in [0.25, 0.3) is 0 Å². The Hall–Kier alpha value is -1.06. The van der Waals surface area contributed by atoms with Gasteiger partial charge in [0.25, 0.3) is 0 Å². The maximum Gasteiger partial charge on any atom is 0.244 e. The SMILES string of the molecule is CC(C)CCCNC(=O)C(C)(N)c1ccccc1.Cl. The van der Waals surface area contributed by atoms with Gasteiger partial charge in [-0.1, -0.05) is 44.2 Å². The van der Waals surface area contributed by atoms with Gasteiger partial charge in [-0.25, -0.2) is 0 Å². The average molecular weight is 285 g/mol. The molecule has 1 amide bonds. The Labute approximate surface area is 122 Å². The van der Waals surface area contributed by atoms with Gasteiger partial charge in [0.05, 0.1) is 0 Å². The quantitative estimate of drug-likeness (QED) is 0.789. The molecule has 3 nitrogen and oxygen atoms in total. The zero-order chi connectivity index (χ0) is 13.6. The number of hydrogen-bond donors (Lipinski definition) is 2. The molecule has 19 heavy (non-hydrogen) atoms. The minimum atomic E-state index is -0.959. The van der Waals surface area contributed by atoms with Crippen LogP contribution in [0.1, 0.15) is 39.2 Å². The number of nitrogens with two attached hydrogens (primary N) is 1. The first kappa shape index (κ1) is 17.9. The molecule has 0 aliphatic rings. The molecule has 3 N–H and O–H groups in total. The molecule has 0 saturated carbocycles. The number of nitrogens with one attached hydrogen (secondary N) is 1. The third kappa shape index (κ3) is 5.62. The molecule has 0 saturated heterocycles. The van der Waals surface area contributed by atoms with Crippen molar-refractivity contribution in [3.8, 4) is 0 Å². The Morgan fingerprint density at radius 1 is 1.32 bits per heavy atom. The summed E-state index contributed by atoms with van der Waals surface area (Å²) in [5.41, 5.74) is 5.99. The fourth-order valence-electron chi connectivity index (χ4n) is 1.81. The molecule has 1 rings (SSSR count). The molecule has 0 bridgehead atoms. The highest BCUT2D eigenvalue weighted by Gasteiger charge is 2.29. The molecule has 0 fully saturated rings. The minimum Gasteiger partial charge on any atom is -0.354 e. The first-order valence-corrected chi connectivity index (χ1v) is 6.57. The van der Waals surface area contributed by atoms with E-state index in [2.05, 4.69) is 19.2 Å². The number of hydrogen-bond acceptors (Lipinski definition) is 2. The van der Waals surface area contributed by atoms with Gasteiger partial charge >= 0.3 is 0 Å². The van der Waals surface area contributed by atoms with Crippen LogP contribution in [0.4, 0.5) is 0 Å². The normalized spacial score (nSPS) is 13.5. The maximum atomic E-state index is 12.1. The van der Waals surface area contributed by atoms with Crippen molar-refractivity contribution in [3.63, 3.8) is 0 Å². The zero-order valence-corrected chi connectivity index (χ0v) is 12.8. The van der Waals surface area contributed by atoms with Crippen LogP contribution in [-0.2, 0) is 10.3 Å². The molecule has 0 aliphatic carbocycles. The van der Waals surface area contributed by atoms with Gasteiger partial charge in [-0.2, -0.15) is 0 Å². The fourth-order valence-corrected chi connectivity index (χ4v) is 1.81. The molecular weight excluding hydrogens is 260 g/mol. The van der Waals surface area contributed by atoms with Gasteiger partial charge in [0.15, 0.2) is 0 Å². The van der Waals surface area contributed by atoms with E-state index in [-0.39, 0.29) is 18.3 Å². The number of rotatable bonds is 6. The monoisotopic (exact) mass is 284 g/mol. The van der Waals surface area contributed by atoms with Crippen LogP contribution < -0.4 is 11.1 Å². The summed E-state index contributed by atoms with van der Waals surface area (Å²) in [4.78, 5) is 12.1. The van der Waals surface area contributed by atoms with E-state index in [9.17, 15) is 4.79 Å². The highest BCUT2D eigenvalue weighted by Crippen LogP contribution is 2.17. The molecule has 1 aromatic rings. The molecule has 4 heteroatoms. The van der Waals surface area contributed by atoms with Gasteiger partial charge in [-0.15, -0.1) is 12.4 Å². The molecule has 0 aliphatic heterocycles. The molecule has 108 valence electrons. The minimum absolute atomic E-state index is 0. The van der Waals surface area contributed by atoms with E-state index in [0.717, 1.165) is 18.4 Å². The molecule has 0 heterocycles. The van der Waals surface area contributed by atoms with E-state index in [4.69, 9.17) is 5.73 Å². The largest absolute Gasteiger partial charge is 0.354 e. The first-order valence-electron chi connectivity index (χ1n) is 6.57. The van der Waals surface area contributed by atoms with Crippen LogP contribution in [0.3, 0.4) is 0 Å². The molecule has 0 spiro atoms. The molecule has 0 aromatic heterocycles. The van der Waals surface area contributed by atoms with E-state index in [1.54, 1.807) is 6.92 Å². The molecule has 0 radical (unpaired) electrons. The molecule has 1 unspecified atom stereocenters. The van der Waals surface area contributed by atoms with Crippen LogP contribution in [0.2, 0.25) is 0 Å². The summed E-state index contributed by atoms with van der Waals surface area (Å²) in [5.74, 6) is 0.553. The number of halogens is 1. The van der Waals surface area contributed by atoms with Crippen molar-refractivity contribution in [1.82, 2.24) is 5.32 Å². The van der Waals surface area contributed by atoms with E-state index in [0.29, 0.717) is 12.5 Å². The van der Waals surface area contributed by atoms with E-state index < -0.39 is 5.54 Å². The van der Waals surface area contributed by atoms with Crippen LogP contribution in [-0.4, -0.2) is 12.5 Å². The van der Waals surface area contributed by atoms with Crippen molar-refractivity contribution >= 4 is 18.3 Å². The Morgan fingerprint density at radius 2 is 1.89 bits per heavy atom. The van der Waals surface area contributed by atoms with Gasteiger partial charge in [-0.3, -0.25) is 4.79 Å². The summed E-state index contributed by atoms with van der Waals surface area (Å²) in [6, 6.07) is 9.47. The van der Waals surface area contributed by atoms with Gasteiger partial charge in [-0.05, 0) is 31.2 Å². The van der Waals surface area contributed by atoms with Gasteiger partial charge < -0.3 is 11.1 Å². The van der Waals surface area contributed by atoms with Crippen molar-refractivity contribution < 1.29 is 4.79 Å². The van der Waals surface area contributed by atoms with Crippen molar-refractivity contribution in [2.24, 2.45) is 11.7 Å². The Bertz CT molecular complexity index is 377. The lowest BCUT2D eigenvalue weighted by Gasteiger charge is -2.24. The second-order valence-electron chi connectivity index (χ2n) is 5.36. The summed E-state index contributed by atoms with van der Waals surface area (Å²) < 4.78 is 0. The highest BCUT2D eigenvalue weighted by atomic mass is 35.5. The van der Waals surface area contributed by atoms with Gasteiger partial charge in [0, 0.05) is 6.54 Å². The predicted molar refractivity (Wildman–Crippen MR) is 82.3 cm³/mol. The molecule has 1 aromatic carbocycles. The predicted octanol–water partition coefficient (Wildman–Crippen LogP) is 2.83. The first-order chi connectivity index (χ1) is 8.44. The zero-order valence-electron chi connectivity index (χ0n) is 12.0. The van der Waals surface area contributed by atoms with Crippen molar-refractivity contribution in [1.29, 1.82) is 0 Å². The van der Waals surface area contributed by atoms with Crippen molar-refractivity contribution in [2.45, 2.75) is 39.2 Å². The topological polar surface area (TPSA) is 55.1 Å². The average Bonchev–Trinajstić information content (AvgIpc) is 2.35. The molecule has 1 atom stereocenters. The summed E-state index contributed by atoms with van der Waals surface area (Å²) in [6.45, 7) is 6.80. The standard InChI is InChI=1S/C15H24N2O.ClH/c1-12(2)8-7-11-17-14(18)15(3,16)13-9-5-4-6-10-13;/h4-6,9-10,12H,7-8,11,16H2,1-3H3,(H,17,18);1H. The summed E-state index contributed by atoms with van der Waals surface area (Å²) in [5, 5.41) is 2.91. The smallest absolute Gasteiger partial charge is 0.244 e. The maximum absolute atomic E-state index is 12.1. The third-order valence-electron chi connectivity index (χ3n) is 3.09. The number of benzene rings is 1. The Balaban J connectivity index is 0.00000324. The summed E-state index contributed by atoms with van der Waals surface area (Å²) in [7, 11) is 0. The van der Waals surface area contributed by atoms with E-state index >= 15 is 0 Å². The lowest BCUT2D eigenvalue weighted by atomic mass is 9.92. The van der Waals surface area contributed by atoms with Gasteiger partial charge in [0.1, 0.15) is 5.54 Å². The summed E-state index contributed by atoms with van der Waals surface area (Å²) in [6.07, 6.45) is 2.11. The van der Waals surface area contributed by atoms with Crippen molar-refractivity contribution in [3.05, 3.63) is 35.9 Å². The second-order valence-corrected chi connectivity index (χ2v) is 5.36. The van der Waals surface area contributed by atoms with Crippen LogP contribution in [0.15, 0.2) is 30.3 Å². The lowest BCUT2D eigenvalue weighted by Crippen LogP contribution is -2.49. The third-order valence-corrected chi connectivity index (χ3v) is 3.09. The van der Waals surface area contributed by atoms with E-state index in [1.807, 2.05) is 30.3 Å². The van der Waals surface area contributed by atoms with Crippen LogP contribution in [0, 0.1) is 5.92 Å². The lowest BCUT2D eigenvalue weighted by molar-refractivity contribution is -0.126. The number of amides is 1. The number of carbonyl (C=O) groups is 1. The molecular formula is C15H25ClN2O. The fraction of sp³-hybridized carbons (Fsp3) is 0.533. The van der Waals surface area contributed by atoms with Gasteiger partial charge in [0.2, 0.25) is 5.91 Å². The Kier molecular flexibility index (Phi) is 7.72. The van der Waals surface area contributed by atoms with Crippen LogP contribution in [0.5, 0.6) is 0 Å². The van der Waals surface area contributed by atoms with E-state index in [1.165, 1.54) is 0 Å². The Morgan fingerprint density at radius 3 is 2.42 bits per heavy atom. The number of carbonyl (C=O) groups excluding carboxylic acids is 1. The highest BCUT2D eigenvalue weighted by molar-refractivity contribution is 5.86. The van der Waals surface area contributed by atoms with Crippen molar-refractivity contribution in [2.75, 3.05) is 6.54 Å².